The molecular formula is C18H16N3O4S-. The lowest BCUT2D eigenvalue weighted by molar-refractivity contribution is -0.309. The van der Waals surface area contributed by atoms with Crippen molar-refractivity contribution in [2.45, 2.75) is 26.8 Å². The molecule has 0 fully saturated rings. The largest absolute Gasteiger partial charge is 0.548 e. The smallest absolute Gasteiger partial charge is 0.266 e. The van der Waals surface area contributed by atoms with E-state index in [2.05, 4.69) is 10.3 Å². The van der Waals surface area contributed by atoms with E-state index in [4.69, 9.17) is 0 Å². The highest BCUT2D eigenvalue weighted by Gasteiger charge is 2.21. The Morgan fingerprint density at radius 1 is 1.27 bits per heavy atom. The van der Waals surface area contributed by atoms with Crippen LogP contribution in [0.1, 0.15) is 33.8 Å². The second-order valence-corrected chi connectivity index (χ2v) is 6.96. The van der Waals surface area contributed by atoms with Gasteiger partial charge in [0.1, 0.15) is 4.83 Å². The summed E-state index contributed by atoms with van der Waals surface area (Å²) in [4.78, 5) is 41.3. The van der Waals surface area contributed by atoms with Crippen LogP contribution in [0.5, 0.6) is 0 Å². The molecule has 1 atom stereocenters. The molecule has 1 aromatic carbocycles. The summed E-state index contributed by atoms with van der Waals surface area (Å²) < 4.78 is 1.00. The number of hydrogen-bond acceptors (Lipinski definition) is 6. The highest BCUT2D eigenvalue weighted by Crippen LogP contribution is 2.28. The molecule has 0 aliphatic heterocycles. The second kappa shape index (κ2) is 6.72. The van der Waals surface area contributed by atoms with Crippen LogP contribution in [0.2, 0.25) is 0 Å². The van der Waals surface area contributed by atoms with Gasteiger partial charge in [0, 0.05) is 5.69 Å². The molecule has 2 heterocycles. The molecule has 3 rings (SSSR count). The number of thiophene rings is 1. The van der Waals surface area contributed by atoms with Crippen molar-refractivity contribution in [1.82, 2.24) is 9.55 Å². The molecule has 0 saturated carbocycles. The Morgan fingerprint density at radius 2 is 1.96 bits per heavy atom. The van der Waals surface area contributed by atoms with Crippen molar-refractivity contribution >= 4 is 39.1 Å². The molecule has 1 amide bonds. The van der Waals surface area contributed by atoms with Crippen LogP contribution in [0.3, 0.4) is 0 Å². The lowest BCUT2D eigenvalue weighted by atomic mass is 10.1. The van der Waals surface area contributed by atoms with E-state index in [1.807, 2.05) is 25.1 Å². The monoisotopic (exact) mass is 370 g/mol. The van der Waals surface area contributed by atoms with Gasteiger partial charge in [0.15, 0.2) is 0 Å². The molecule has 26 heavy (non-hydrogen) atoms. The van der Waals surface area contributed by atoms with Gasteiger partial charge < -0.3 is 15.2 Å². The maximum absolute atomic E-state index is 12.7. The first-order valence-corrected chi connectivity index (χ1v) is 8.71. The first kappa shape index (κ1) is 17.8. The fraction of sp³-hybridized carbons (Fsp3) is 0.222. The Bertz CT molecular complexity index is 1080. The molecule has 7 nitrogen and oxygen atoms in total. The lowest BCUT2D eigenvalue weighted by Gasteiger charge is -2.15. The van der Waals surface area contributed by atoms with Gasteiger partial charge in [-0.15, -0.1) is 11.3 Å². The van der Waals surface area contributed by atoms with E-state index in [0.717, 1.165) is 21.5 Å². The van der Waals surface area contributed by atoms with Crippen molar-refractivity contribution in [3.63, 3.8) is 0 Å². The first-order chi connectivity index (χ1) is 12.3. The Morgan fingerprint density at radius 3 is 2.62 bits per heavy atom. The first-order valence-electron chi connectivity index (χ1n) is 7.89. The van der Waals surface area contributed by atoms with E-state index in [-0.39, 0.29) is 11.3 Å². The van der Waals surface area contributed by atoms with Crippen LogP contribution in [0.15, 0.2) is 35.4 Å². The third kappa shape index (κ3) is 2.99. The number of carboxylic acid groups (broad SMARTS) is 1. The van der Waals surface area contributed by atoms with Gasteiger partial charge in [-0.2, -0.15) is 0 Å². The quantitative estimate of drug-likeness (QED) is 0.752. The van der Waals surface area contributed by atoms with E-state index in [1.165, 1.54) is 13.3 Å². The van der Waals surface area contributed by atoms with Crippen LogP contribution in [-0.2, 0) is 4.79 Å². The second-order valence-electron chi connectivity index (χ2n) is 5.96. The molecule has 3 aromatic rings. The number of anilines is 1. The summed E-state index contributed by atoms with van der Waals surface area (Å²) in [5, 5.41) is 14.1. The molecule has 0 saturated heterocycles. The van der Waals surface area contributed by atoms with E-state index >= 15 is 0 Å². The van der Waals surface area contributed by atoms with Gasteiger partial charge in [0.2, 0.25) is 0 Å². The molecule has 0 spiro atoms. The number of aromatic nitrogens is 2. The molecule has 0 aliphatic carbocycles. The number of amides is 1. The van der Waals surface area contributed by atoms with Crippen molar-refractivity contribution in [2.75, 3.05) is 5.32 Å². The van der Waals surface area contributed by atoms with E-state index < -0.39 is 17.6 Å². The number of carboxylic acids is 1. The average molecular weight is 370 g/mol. The molecule has 1 N–H and O–H groups in total. The minimum atomic E-state index is -1.38. The molecule has 0 unspecified atom stereocenters. The topological polar surface area (TPSA) is 104 Å². The normalized spacial score (nSPS) is 12.1. The van der Waals surface area contributed by atoms with Gasteiger partial charge in [-0.1, -0.05) is 18.2 Å². The van der Waals surface area contributed by atoms with Crippen LogP contribution < -0.4 is 16.0 Å². The number of benzene rings is 1. The zero-order chi connectivity index (χ0) is 19.0. The van der Waals surface area contributed by atoms with Crippen molar-refractivity contribution in [3.8, 4) is 0 Å². The minimum absolute atomic E-state index is 0.250. The van der Waals surface area contributed by atoms with Crippen molar-refractivity contribution < 1.29 is 14.7 Å². The summed E-state index contributed by atoms with van der Waals surface area (Å²) in [6, 6.07) is 6.23. The van der Waals surface area contributed by atoms with Gasteiger partial charge in [-0.3, -0.25) is 14.2 Å². The number of carbonyl (C=O) groups is 2. The summed E-state index contributed by atoms with van der Waals surface area (Å²) >= 11 is 1.10. The SMILES string of the molecule is Cc1ccccc1NC(=O)c1sc2ncn([C@@H](C)C(=O)[O-])c(=O)c2c1C. The molecule has 0 aliphatic rings. The number of aliphatic carboxylic acids is 1. The molecule has 0 bridgehead atoms. The van der Waals surface area contributed by atoms with Crippen LogP contribution >= 0.6 is 11.3 Å². The maximum atomic E-state index is 12.7. The number of fused-ring (bicyclic) bond motifs is 1. The highest BCUT2D eigenvalue weighted by molar-refractivity contribution is 7.20. The molecule has 8 heteroatoms. The van der Waals surface area contributed by atoms with Gasteiger partial charge in [-0.05, 0) is 38.0 Å². The molecule has 134 valence electrons. The molecule has 0 radical (unpaired) electrons. The van der Waals surface area contributed by atoms with Crippen LogP contribution in [0.4, 0.5) is 5.69 Å². The zero-order valence-corrected chi connectivity index (χ0v) is 15.2. The van der Waals surface area contributed by atoms with Crippen LogP contribution in [0.25, 0.3) is 10.2 Å². The van der Waals surface area contributed by atoms with Crippen LogP contribution in [0, 0.1) is 13.8 Å². The van der Waals surface area contributed by atoms with Gasteiger partial charge in [0.05, 0.1) is 28.6 Å². The van der Waals surface area contributed by atoms with Gasteiger partial charge in [0.25, 0.3) is 11.5 Å². The van der Waals surface area contributed by atoms with E-state index in [1.54, 1.807) is 13.0 Å². The van der Waals surface area contributed by atoms with Crippen molar-refractivity contribution in [1.29, 1.82) is 0 Å². The maximum Gasteiger partial charge on any atom is 0.266 e. The minimum Gasteiger partial charge on any atom is -0.548 e. The number of nitrogens with one attached hydrogen (secondary N) is 1. The summed E-state index contributed by atoms with van der Waals surface area (Å²) in [5.74, 6) is -1.71. The molecule has 2 aromatic heterocycles. The van der Waals surface area contributed by atoms with Crippen molar-refractivity contribution in [2.24, 2.45) is 0 Å². The number of rotatable bonds is 4. The Labute approximate surface area is 152 Å². The third-order valence-corrected chi connectivity index (χ3v) is 5.43. The summed E-state index contributed by atoms with van der Waals surface area (Å²) in [6.45, 7) is 4.88. The predicted molar refractivity (Wildman–Crippen MR) is 97.5 cm³/mol. The van der Waals surface area contributed by atoms with Crippen LogP contribution in [-0.4, -0.2) is 21.4 Å². The fourth-order valence-corrected chi connectivity index (χ4v) is 3.67. The Kier molecular flexibility index (Phi) is 4.60. The number of carbonyl (C=O) groups excluding carboxylic acids is 2. The number of para-hydroxylation sites is 1. The van der Waals surface area contributed by atoms with Crippen molar-refractivity contribution in [3.05, 3.63) is 57.0 Å². The fourth-order valence-electron chi connectivity index (χ4n) is 2.64. The summed E-state index contributed by atoms with van der Waals surface area (Å²) in [6.07, 6.45) is 1.17. The summed E-state index contributed by atoms with van der Waals surface area (Å²) in [7, 11) is 0. The predicted octanol–water partition coefficient (Wildman–Crippen LogP) is 1.64. The summed E-state index contributed by atoms with van der Waals surface area (Å²) in [5.41, 5.74) is 1.58. The number of hydrogen-bond donors (Lipinski definition) is 1. The lowest BCUT2D eigenvalue weighted by Crippen LogP contribution is -2.36. The average Bonchev–Trinajstić information content (AvgIpc) is 2.94. The van der Waals surface area contributed by atoms with E-state index in [9.17, 15) is 19.5 Å². The Hall–Kier alpha value is -3.00. The highest BCUT2D eigenvalue weighted by atomic mass is 32.1. The standard InChI is InChI=1S/C18H17N3O4S/c1-9-6-4-5-7-12(9)20-15(22)14-10(2)13-16(26-14)19-8-21(17(13)23)11(3)18(24)25/h4-8,11H,1-3H3,(H,20,22)(H,24,25)/p-1/t11-/m0/s1. The Balaban J connectivity index is 2.06. The van der Waals surface area contributed by atoms with Gasteiger partial charge >= 0.3 is 0 Å². The third-order valence-electron chi connectivity index (χ3n) is 4.23. The number of aryl methyl sites for hydroxylation is 2. The number of nitrogens with zero attached hydrogens (tertiary/aromatic N) is 2. The molecular weight excluding hydrogens is 354 g/mol. The van der Waals surface area contributed by atoms with E-state index in [0.29, 0.717) is 21.0 Å². The zero-order valence-electron chi connectivity index (χ0n) is 14.4. The van der Waals surface area contributed by atoms with Gasteiger partial charge in [-0.25, -0.2) is 4.98 Å².